The second kappa shape index (κ2) is 8.79. The molecule has 0 aromatic carbocycles. The van der Waals surface area contributed by atoms with Gasteiger partial charge >= 0.3 is 5.97 Å². The minimum atomic E-state index is -1.38. The highest BCUT2D eigenvalue weighted by molar-refractivity contribution is 9.10. The zero-order valence-electron chi connectivity index (χ0n) is 16.9. The molecular weight excluding hydrogens is 529 g/mol. The first-order valence-corrected chi connectivity index (χ1v) is 11.5. The van der Waals surface area contributed by atoms with E-state index < -0.39 is 24.1 Å². The Morgan fingerprint density at radius 2 is 2.22 bits per heavy atom. The molecule has 1 amide bonds. The van der Waals surface area contributed by atoms with Crippen molar-refractivity contribution in [3.63, 3.8) is 0 Å². The molecule has 32 heavy (non-hydrogen) atoms. The Morgan fingerprint density at radius 1 is 1.47 bits per heavy atom. The lowest BCUT2D eigenvalue weighted by atomic mass is 10.0. The third kappa shape index (κ3) is 4.11. The van der Waals surface area contributed by atoms with Crippen LogP contribution in [-0.2, 0) is 7.05 Å². The van der Waals surface area contributed by atoms with Gasteiger partial charge in [0.15, 0.2) is 11.0 Å². The van der Waals surface area contributed by atoms with Gasteiger partial charge in [0.25, 0.3) is 5.91 Å². The molecule has 4 rings (SSSR count). The van der Waals surface area contributed by atoms with Crippen molar-refractivity contribution in [1.82, 2.24) is 30.0 Å². The van der Waals surface area contributed by atoms with Crippen LogP contribution in [0.3, 0.4) is 0 Å². The summed E-state index contributed by atoms with van der Waals surface area (Å²) in [7, 11) is 1.63. The lowest BCUT2D eigenvalue weighted by Gasteiger charge is -2.34. The number of thiazole rings is 1. The number of nitrogens with one attached hydrogen (secondary N) is 2. The topological polar surface area (TPSA) is 129 Å². The molecule has 0 spiro atoms. The molecule has 2 atom stereocenters. The van der Waals surface area contributed by atoms with Crippen LogP contribution in [-0.4, -0.2) is 67.0 Å². The molecule has 3 aromatic rings. The first-order valence-electron chi connectivity index (χ1n) is 9.49. The van der Waals surface area contributed by atoms with E-state index in [1.807, 2.05) is 0 Å². The van der Waals surface area contributed by atoms with E-state index in [0.717, 1.165) is 11.3 Å². The number of carbonyl (C=O) groups excluding carboxylic acids is 1. The van der Waals surface area contributed by atoms with E-state index >= 15 is 0 Å². The average Bonchev–Trinajstić information content (AvgIpc) is 3.43. The highest BCUT2D eigenvalue weighted by Gasteiger charge is 2.34. The van der Waals surface area contributed by atoms with Gasteiger partial charge in [-0.3, -0.25) is 4.79 Å². The van der Waals surface area contributed by atoms with Crippen molar-refractivity contribution in [3.8, 4) is 11.5 Å². The maximum atomic E-state index is 15.0. The summed E-state index contributed by atoms with van der Waals surface area (Å²) in [6.07, 6.45) is 0.246. The fraction of sp³-hybridized carbons (Fsp3) is 0.389. The molecule has 3 aromatic heterocycles. The van der Waals surface area contributed by atoms with Crippen molar-refractivity contribution >= 4 is 55.9 Å². The average molecular weight is 547 g/mol. The van der Waals surface area contributed by atoms with Gasteiger partial charge in [-0.2, -0.15) is 5.10 Å². The minimum absolute atomic E-state index is 0.00535. The number of carboxylic acid groups (broad SMARTS) is 1. The molecule has 3 N–H and O–H groups in total. The number of amides is 1. The zero-order chi connectivity index (χ0) is 23.2. The molecular formula is C18H18BrClFN7O3S. The van der Waals surface area contributed by atoms with Crippen molar-refractivity contribution in [1.29, 1.82) is 0 Å². The Bertz CT molecular complexity index is 1200. The normalized spacial score (nSPS) is 18.7. The lowest BCUT2D eigenvalue weighted by Crippen LogP contribution is -2.52. The molecule has 14 heteroatoms. The number of anilines is 1. The fourth-order valence-corrected chi connectivity index (χ4v) is 5.11. The third-order valence-electron chi connectivity index (χ3n) is 5.14. The standard InChI is InChI=1S/C18H18BrClFN7O3S/c1-7-11(20)10(19)12(24-7)16(29)25-9-3-4-28(5-8(9)21)18-26-13(14(32-18)17(30)31)15-22-6-23-27(15)2/h6,8-9,24H,3-5H2,1-2H3,(H,25,29)(H,30,31)/t8-,9+/m0/s1. The van der Waals surface area contributed by atoms with E-state index in [1.165, 1.54) is 11.0 Å². The number of halogens is 3. The second-order valence-corrected chi connectivity index (χ2v) is 9.42. The van der Waals surface area contributed by atoms with Crippen LogP contribution in [0.25, 0.3) is 11.5 Å². The molecule has 0 aliphatic carbocycles. The quantitative estimate of drug-likeness (QED) is 0.449. The predicted octanol–water partition coefficient (Wildman–Crippen LogP) is 3.04. The van der Waals surface area contributed by atoms with Crippen LogP contribution in [0.4, 0.5) is 9.52 Å². The van der Waals surface area contributed by atoms with E-state index in [-0.39, 0.29) is 22.8 Å². The smallest absolute Gasteiger partial charge is 0.348 e. The number of aromatic amines is 1. The van der Waals surface area contributed by atoms with Gasteiger partial charge in [-0.1, -0.05) is 22.9 Å². The maximum absolute atomic E-state index is 15.0. The monoisotopic (exact) mass is 545 g/mol. The predicted molar refractivity (Wildman–Crippen MR) is 120 cm³/mol. The molecule has 4 heterocycles. The highest BCUT2D eigenvalue weighted by Crippen LogP contribution is 2.34. The number of hydrogen-bond acceptors (Lipinski definition) is 7. The zero-order valence-corrected chi connectivity index (χ0v) is 20.1. The van der Waals surface area contributed by atoms with Crippen LogP contribution in [0.15, 0.2) is 10.8 Å². The van der Waals surface area contributed by atoms with Crippen LogP contribution < -0.4 is 10.2 Å². The van der Waals surface area contributed by atoms with Crippen molar-refractivity contribution in [2.24, 2.45) is 7.05 Å². The number of carboxylic acids is 1. The minimum Gasteiger partial charge on any atom is -0.477 e. The Kier molecular flexibility index (Phi) is 6.23. The van der Waals surface area contributed by atoms with Crippen LogP contribution in [0.1, 0.15) is 32.3 Å². The molecule has 1 aliphatic heterocycles. The third-order valence-corrected chi connectivity index (χ3v) is 7.74. The summed E-state index contributed by atoms with van der Waals surface area (Å²) in [5.41, 5.74) is 1.06. The molecule has 170 valence electrons. The molecule has 10 nitrogen and oxygen atoms in total. The second-order valence-electron chi connectivity index (χ2n) is 7.27. The molecule has 1 saturated heterocycles. The number of hydrogen-bond donors (Lipinski definition) is 3. The SMILES string of the molecule is Cc1[nH]c(C(=O)N[C@@H]2CCN(c3nc(-c4ncnn4C)c(C(=O)O)s3)C[C@@H]2F)c(Br)c1Cl. The number of alkyl halides is 1. The van der Waals surface area contributed by atoms with E-state index in [1.54, 1.807) is 18.9 Å². The van der Waals surface area contributed by atoms with Crippen LogP contribution in [0.2, 0.25) is 5.02 Å². The Hall–Kier alpha value is -2.51. The number of rotatable bonds is 5. The Labute approximate surface area is 198 Å². The van der Waals surface area contributed by atoms with Gasteiger partial charge < -0.3 is 20.3 Å². The summed E-state index contributed by atoms with van der Waals surface area (Å²) in [6, 6.07) is -0.704. The van der Waals surface area contributed by atoms with Gasteiger partial charge in [0.05, 0.1) is 22.1 Å². The summed E-state index contributed by atoms with van der Waals surface area (Å²) in [5, 5.41) is 17.0. The van der Waals surface area contributed by atoms with Crippen molar-refractivity contribution in [2.45, 2.75) is 25.6 Å². The van der Waals surface area contributed by atoms with Gasteiger partial charge in [-0.15, -0.1) is 0 Å². The van der Waals surface area contributed by atoms with E-state index in [2.05, 4.69) is 41.3 Å². The Morgan fingerprint density at radius 3 is 2.78 bits per heavy atom. The van der Waals surface area contributed by atoms with Crippen molar-refractivity contribution in [2.75, 3.05) is 18.0 Å². The van der Waals surface area contributed by atoms with Crippen LogP contribution in [0.5, 0.6) is 0 Å². The van der Waals surface area contributed by atoms with E-state index in [9.17, 15) is 19.1 Å². The summed E-state index contributed by atoms with van der Waals surface area (Å²) in [5.74, 6) is -1.29. The summed E-state index contributed by atoms with van der Waals surface area (Å²) >= 11 is 10.3. The molecule has 1 aliphatic rings. The summed E-state index contributed by atoms with van der Waals surface area (Å²) in [6.45, 7) is 2.08. The molecule has 0 radical (unpaired) electrons. The van der Waals surface area contributed by atoms with Gasteiger partial charge in [-0.25, -0.2) is 23.8 Å². The number of H-pyrrole nitrogens is 1. The number of aromatic nitrogens is 5. The first-order chi connectivity index (χ1) is 15.2. The molecule has 0 saturated carbocycles. The number of aromatic carboxylic acids is 1. The fourth-order valence-electron chi connectivity index (χ4n) is 3.46. The molecule has 1 fully saturated rings. The highest BCUT2D eigenvalue weighted by atomic mass is 79.9. The molecule has 0 unspecified atom stereocenters. The van der Waals surface area contributed by atoms with E-state index in [0.29, 0.717) is 39.1 Å². The van der Waals surface area contributed by atoms with Gasteiger partial charge in [0, 0.05) is 19.3 Å². The lowest BCUT2D eigenvalue weighted by molar-refractivity contribution is 0.0702. The Balaban J connectivity index is 1.49. The van der Waals surface area contributed by atoms with E-state index in [4.69, 9.17) is 11.6 Å². The van der Waals surface area contributed by atoms with Gasteiger partial charge in [0.2, 0.25) is 0 Å². The molecule has 0 bridgehead atoms. The van der Waals surface area contributed by atoms with Crippen LogP contribution in [0, 0.1) is 6.92 Å². The first kappa shape index (κ1) is 22.7. The van der Waals surface area contributed by atoms with Gasteiger partial charge in [-0.05, 0) is 29.3 Å². The number of piperidine rings is 1. The van der Waals surface area contributed by atoms with Crippen LogP contribution >= 0.6 is 38.9 Å². The maximum Gasteiger partial charge on any atom is 0.348 e. The number of nitrogens with zero attached hydrogens (tertiary/aromatic N) is 5. The number of aryl methyl sites for hydroxylation is 2. The van der Waals surface area contributed by atoms with Crippen molar-refractivity contribution in [3.05, 3.63) is 32.1 Å². The van der Waals surface area contributed by atoms with Gasteiger partial charge in [0.1, 0.15) is 28.8 Å². The number of carbonyl (C=O) groups is 2. The largest absolute Gasteiger partial charge is 0.477 e. The summed E-state index contributed by atoms with van der Waals surface area (Å²) in [4.78, 5) is 37.3. The van der Waals surface area contributed by atoms with Crippen molar-refractivity contribution < 1.29 is 19.1 Å². The summed E-state index contributed by atoms with van der Waals surface area (Å²) < 4.78 is 16.8.